The Balaban J connectivity index is 1.80. The van der Waals surface area contributed by atoms with E-state index in [4.69, 9.17) is 0 Å². The Hall–Kier alpha value is -2.69. The van der Waals surface area contributed by atoms with Gasteiger partial charge in [0, 0.05) is 11.5 Å². The van der Waals surface area contributed by atoms with Crippen LogP contribution in [-0.4, -0.2) is 56.0 Å². The van der Waals surface area contributed by atoms with Gasteiger partial charge < -0.3 is 15.2 Å². The Bertz CT molecular complexity index is 1010. The van der Waals surface area contributed by atoms with Crippen LogP contribution in [-0.2, 0) is 6.42 Å². The first-order valence-corrected chi connectivity index (χ1v) is 10.1. The molecule has 1 N–H and O–H groups in total. The van der Waals surface area contributed by atoms with Crippen LogP contribution in [0.15, 0.2) is 18.6 Å². The van der Waals surface area contributed by atoms with E-state index in [9.17, 15) is 28.3 Å². The Morgan fingerprint density at radius 3 is 2.71 bits per heavy atom. The quantitative estimate of drug-likeness (QED) is 0.568. The van der Waals surface area contributed by atoms with E-state index < -0.39 is 36.7 Å². The van der Waals surface area contributed by atoms with Crippen molar-refractivity contribution in [1.82, 2.24) is 19.7 Å². The molecule has 1 amide bonds. The minimum Gasteiger partial charge on any atom is -0.619 e. The molecule has 2 aliphatic carbocycles. The minimum absolute atomic E-state index is 0.0720. The molecule has 1 saturated carbocycles. The van der Waals surface area contributed by atoms with Gasteiger partial charge in [0.05, 0.1) is 24.5 Å². The molecule has 1 fully saturated rings. The van der Waals surface area contributed by atoms with Gasteiger partial charge in [0.2, 0.25) is 12.0 Å². The third kappa shape index (κ3) is 3.98. The summed E-state index contributed by atoms with van der Waals surface area (Å²) < 4.78 is 42.1. The summed E-state index contributed by atoms with van der Waals surface area (Å²) in [6, 6.07) is -1.06. The second-order valence-corrected chi connectivity index (χ2v) is 9.32. The van der Waals surface area contributed by atoms with Crippen molar-refractivity contribution in [1.29, 1.82) is 0 Å². The normalized spacial score (nSPS) is 20.9. The first kappa shape index (κ1) is 21.5. The third-order valence-electron chi connectivity index (χ3n) is 6.01. The van der Waals surface area contributed by atoms with Crippen molar-refractivity contribution in [2.45, 2.75) is 51.7 Å². The highest BCUT2D eigenvalue weighted by Crippen LogP contribution is 2.57. The highest BCUT2D eigenvalue weighted by molar-refractivity contribution is 5.95. The molecule has 0 spiro atoms. The number of hydrogen-bond donors (Lipinski definition) is 1. The van der Waals surface area contributed by atoms with Crippen LogP contribution < -0.4 is 4.73 Å². The van der Waals surface area contributed by atoms with E-state index in [0.29, 0.717) is 27.5 Å². The predicted molar refractivity (Wildman–Crippen MR) is 102 cm³/mol. The highest BCUT2D eigenvalue weighted by atomic mass is 19.4. The second-order valence-electron chi connectivity index (χ2n) is 9.32. The molecule has 4 rings (SSSR count). The Morgan fingerprint density at radius 2 is 2.13 bits per heavy atom. The molecule has 0 bridgehead atoms. The van der Waals surface area contributed by atoms with E-state index in [2.05, 4.69) is 10.1 Å². The zero-order valence-electron chi connectivity index (χ0n) is 17.4. The summed E-state index contributed by atoms with van der Waals surface area (Å²) in [5, 5.41) is 25.9. The summed E-state index contributed by atoms with van der Waals surface area (Å²) in [5.41, 5.74) is 0.471. The average Bonchev–Trinajstić information content (AvgIpc) is 3.15. The molecule has 0 saturated heterocycles. The van der Waals surface area contributed by atoms with Crippen LogP contribution in [0.3, 0.4) is 0 Å². The van der Waals surface area contributed by atoms with Crippen molar-refractivity contribution in [3.63, 3.8) is 0 Å². The number of aliphatic hydroxyl groups excluding tert-OH is 1. The van der Waals surface area contributed by atoms with Crippen LogP contribution in [0.2, 0.25) is 0 Å². The second kappa shape index (κ2) is 7.18. The van der Waals surface area contributed by atoms with Crippen LogP contribution in [0, 0.1) is 16.5 Å². The molecule has 1 unspecified atom stereocenters. The van der Waals surface area contributed by atoms with Gasteiger partial charge in [-0.05, 0) is 24.2 Å². The van der Waals surface area contributed by atoms with E-state index in [-0.39, 0.29) is 17.4 Å². The van der Waals surface area contributed by atoms with Gasteiger partial charge in [0.1, 0.15) is 6.54 Å². The molecule has 0 radical (unpaired) electrons. The summed E-state index contributed by atoms with van der Waals surface area (Å²) in [6.45, 7) is 2.90. The van der Waals surface area contributed by atoms with Crippen molar-refractivity contribution in [2.24, 2.45) is 11.3 Å². The predicted octanol–water partition coefficient (Wildman–Crippen LogP) is 1.97. The zero-order chi connectivity index (χ0) is 22.7. The number of halogens is 3. The van der Waals surface area contributed by atoms with Crippen LogP contribution >= 0.6 is 0 Å². The van der Waals surface area contributed by atoms with Crippen LogP contribution in [0.5, 0.6) is 0 Å². The van der Waals surface area contributed by atoms with Crippen molar-refractivity contribution < 1.29 is 27.8 Å². The van der Waals surface area contributed by atoms with E-state index in [1.54, 1.807) is 20.8 Å². The number of carbonyl (C=O) groups excluding carboxylic acids is 1. The Morgan fingerprint density at radius 1 is 1.42 bits per heavy atom. The van der Waals surface area contributed by atoms with Gasteiger partial charge in [0.25, 0.3) is 5.91 Å². The molecule has 2 aromatic heterocycles. The van der Waals surface area contributed by atoms with Crippen molar-refractivity contribution in [3.8, 4) is 5.82 Å². The van der Waals surface area contributed by atoms with Gasteiger partial charge in [-0.2, -0.15) is 23.0 Å². The van der Waals surface area contributed by atoms with Gasteiger partial charge in [0.15, 0.2) is 11.9 Å². The monoisotopic (exact) mass is 439 g/mol. The fraction of sp³-hybridized carbons (Fsp3) is 0.600. The van der Waals surface area contributed by atoms with E-state index in [1.165, 1.54) is 23.3 Å². The van der Waals surface area contributed by atoms with Crippen LogP contribution in [0.4, 0.5) is 13.2 Å². The maximum absolute atomic E-state index is 13.4. The lowest BCUT2D eigenvalue weighted by Crippen LogP contribution is -2.53. The first-order chi connectivity index (χ1) is 14.4. The lowest BCUT2D eigenvalue weighted by atomic mass is 9.85. The van der Waals surface area contributed by atoms with Gasteiger partial charge >= 0.3 is 6.18 Å². The summed E-state index contributed by atoms with van der Waals surface area (Å²) in [6.07, 6.45) is 0.524. The number of aliphatic hydroxyl groups is 1. The minimum atomic E-state index is -4.64. The summed E-state index contributed by atoms with van der Waals surface area (Å²) in [5.74, 6) is -0.203. The lowest BCUT2D eigenvalue weighted by molar-refractivity contribution is -0.605. The van der Waals surface area contributed by atoms with Gasteiger partial charge in [-0.3, -0.25) is 4.79 Å². The van der Waals surface area contributed by atoms with E-state index in [0.717, 1.165) is 12.1 Å². The van der Waals surface area contributed by atoms with Crippen LogP contribution in [0.1, 0.15) is 54.9 Å². The maximum Gasteiger partial charge on any atom is 0.406 e. The first-order valence-electron chi connectivity index (χ1n) is 10.1. The lowest BCUT2D eigenvalue weighted by Gasteiger charge is -2.39. The molecule has 31 heavy (non-hydrogen) atoms. The van der Waals surface area contributed by atoms with Crippen molar-refractivity contribution in [3.05, 3.63) is 40.7 Å². The summed E-state index contributed by atoms with van der Waals surface area (Å²) in [7, 11) is 0. The van der Waals surface area contributed by atoms with Gasteiger partial charge in [-0.25, -0.2) is 9.67 Å². The van der Waals surface area contributed by atoms with E-state index >= 15 is 0 Å². The molecule has 8 nitrogen and oxygen atoms in total. The van der Waals surface area contributed by atoms with Gasteiger partial charge in [-0.1, -0.05) is 20.8 Å². The van der Waals surface area contributed by atoms with E-state index in [1.807, 2.05) is 0 Å². The highest BCUT2D eigenvalue weighted by Gasteiger charge is 2.51. The largest absolute Gasteiger partial charge is 0.619 e. The summed E-state index contributed by atoms with van der Waals surface area (Å²) in [4.78, 5) is 18.2. The molecule has 2 aromatic rings. The van der Waals surface area contributed by atoms with Crippen molar-refractivity contribution >= 4 is 5.91 Å². The fourth-order valence-electron chi connectivity index (χ4n) is 4.43. The molecular formula is C20H24F3N5O3. The molecule has 0 aliphatic heterocycles. The molecule has 2 aliphatic rings. The third-order valence-corrected chi connectivity index (χ3v) is 6.01. The smallest absolute Gasteiger partial charge is 0.406 e. The number of hydrogen-bond acceptors (Lipinski definition) is 5. The number of carbonyl (C=O) groups is 1. The maximum atomic E-state index is 13.4. The van der Waals surface area contributed by atoms with Crippen molar-refractivity contribution in [2.75, 3.05) is 13.2 Å². The zero-order valence-corrected chi connectivity index (χ0v) is 17.4. The molecule has 0 aromatic carbocycles. The molecule has 3 atom stereocenters. The fourth-order valence-corrected chi connectivity index (χ4v) is 4.43. The standard InChI is InChI=1S/C20H24F3N5O3/c1-19(2,3)14(9-29)27(10-20(21,22)23)18(30)16-13-7-11-6-12(11)17(13)28(25-16)15-8-26(31)5-4-24-15/h4-5,8,11-12,14,29H,6-7,9-10H2,1-3H3/t11-,12-,14?/m0/s1. The van der Waals surface area contributed by atoms with Gasteiger partial charge in [-0.15, -0.1) is 0 Å². The molecular weight excluding hydrogens is 415 g/mol. The molecule has 11 heteroatoms. The van der Waals surface area contributed by atoms with Crippen LogP contribution in [0.25, 0.3) is 5.82 Å². The number of alkyl halides is 3. The average molecular weight is 439 g/mol. The Labute approximate surface area is 176 Å². The number of rotatable bonds is 5. The summed E-state index contributed by atoms with van der Waals surface area (Å²) >= 11 is 0. The number of amides is 1. The number of fused-ring (bicyclic) bond motifs is 3. The Kier molecular flexibility index (Phi) is 4.99. The number of nitrogens with zero attached hydrogens (tertiary/aromatic N) is 5. The molecule has 2 heterocycles. The number of aromatic nitrogens is 4. The SMILES string of the molecule is CC(C)(C)C(CO)N(CC(F)(F)F)C(=O)c1nn(-c2c[n+]([O-])ccn2)c2c1C[C@@H]1C[C@H]21. The molecule has 168 valence electrons. The topological polar surface area (TPSA) is 98.2 Å².